The average molecular weight is 491 g/mol. The Morgan fingerprint density at radius 1 is 1.06 bits per heavy atom. The normalized spacial score (nSPS) is 17.4. The average Bonchev–Trinajstić information content (AvgIpc) is 3.58. The Hall–Kier alpha value is -3.61. The first-order valence-corrected chi connectivity index (χ1v) is 12.6. The predicted molar refractivity (Wildman–Crippen MR) is 133 cm³/mol. The molecule has 3 aromatic rings. The quantitative estimate of drug-likeness (QED) is 0.467. The largest absolute Gasteiger partial charge is 0.486 e. The lowest BCUT2D eigenvalue weighted by molar-refractivity contribution is -0.136. The summed E-state index contributed by atoms with van der Waals surface area (Å²) < 4.78 is 26.0. The van der Waals surface area contributed by atoms with Crippen molar-refractivity contribution in [1.82, 2.24) is 9.80 Å². The van der Waals surface area contributed by atoms with Crippen LogP contribution in [0.2, 0.25) is 0 Å². The van der Waals surface area contributed by atoms with E-state index in [0.29, 0.717) is 23.8 Å². The SMILES string of the molecule is CC(C)C(=O)N1CCc2ccc(OCc3ccc(C(=O)N4CCCC4)o3)cc2[C@@H]1c1cccc(F)c1. The first-order valence-electron chi connectivity index (χ1n) is 12.6. The highest BCUT2D eigenvalue weighted by atomic mass is 19.1. The maximum atomic E-state index is 14.2. The van der Waals surface area contributed by atoms with Crippen LogP contribution in [0.4, 0.5) is 4.39 Å². The molecule has 0 aliphatic carbocycles. The van der Waals surface area contributed by atoms with E-state index < -0.39 is 6.04 Å². The third-order valence-corrected chi connectivity index (χ3v) is 6.93. The van der Waals surface area contributed by atoms with E-state index in [2.05, 4.69) is 0 Å². The molecule has 0 spiro atoms. The van der Waals surface area contributed by atoms with Crippen molar-refractivity contribution in [3.8, 4) is 5.75 Å². The highest BCUT2D eigenvalue weighted by Gasteiger charge is 2.33. The van der Waals surface area contributed by atoms with Crippen LogP contribution in [0, 0.1) is 11.7 Å². The smallest absolute Gasteiger partial charge is 0.289 e. The Bertz CT molecular complexity index is 1260. The topological polar surface area (TPSA) is 63.0 Å². The number of amides is 2. The van der Waals surface area contributed by atoms with Gasteiger partial charge in [0.25, 0.3) is 5.91 Å². The second-order valence-corrected chi connectivity index (χ2v) is 9.81. The summed E-state index contributed by atoms with van der Waals surface area (Å²) in [6.45, 7) is 6.04. The van der Waals surface area contributed by atoms with Gasteiger partial charge in [0.15, 0.2) is 5.76 Å². The van der Waals surface area contributed by atoms with Crippen LogP contribution < -0.4 is 4.74 Å². The minimum atomic E-state index is -0.392. The van der Waals surface area contributed by atoms with Gasteiger partial charge in [-0.25, -0.2) is 4.39 Å². The number of carbonyl (C=O) groups is 2. The van der Waals surface area contributed by atoms with Gasteiger partial charge in [0, 0.05) is 25.6 Å². The Balaban J connectivity index is 1.38. The lowest BCUT2D eigenvalue weighted by Gasteiger charge is -2.39. The van der Waals surface area contributed by atoms with Gasteiger partial charge in [0.2, 0.25) is 5.91 Å². The van der Waals surface area contributed by atoms with Crippen molar-refractivity contribution < 1.29 is 23.1 Å². The molecule has 5 rings (SSSR count). The molecule has 2 aliphatic heterocycles. The van der Waals surface area contributed by atoms with Crippen molar-refractivity contribution in [2.45, 2.75) is 45.8 Å². The first-order chi connectivity index (χ1) is 17.4. The van der Waals surface area contributed by atoms with Crippen molar-refractivity contribution in [3.63, 3.8) is 0 Å². The first kappa shape index (κ1) is 24.1. The molecule has 7 heteroatoms. The van der Waals surface area contributed by atoms with Gasteiger partial charge in [-0.3, -0.25) is 9.59 Å². The molecule has 1 atom stereocenters. The molecule has 6 nitrogen and oxygen atoms in total. The zero-order valence-corrected chi connectivity index (χ0v) is 20.7. The molecule has 0 N–H and O–H groups in total. The van der Waals surface area contributed by atoms with E-state index in [1.165, 1.54) is 12.1 Å². The second kappa shape index (κ2) is 10.2. The standard InChI is InChI=1S/C29H31FN2O4/c1-19(2)28(33)32-15-12-20-8-9-23(17-25(20)27(32)21-6-5-7-22(30)16-21)35-18-24-10-11-26(36-24)29(34)31-13-3-4-14-31/h5-11,16-17,19,27H,3-4,12-15,18H2,1-2H3/t27-/m0/s1. The molecule has 3 heterocycles. The fraction of sp³-hybridized carbons (Fsp3) is 0.379. The van der Waals surface area contributed by atoms with Crippen molar-refractivity contribution in [2.75, 3.05) is 19.6 Å². The molecular formula is C29H31FN2O4. The highest BCUT2D eigenvalue weighted by Crippen LogP contribution is 2.38. The number of carbonyl (C=O) groups excluding carboxylic acids is 2. The maximum absolute atomic E-state index is 14.2. The summed E-state index contributed by atoms with van der Waals surface area (Å²) >= 11 is 0. The van der Waals surface area contributed by atoms with Crippen LogP contribution in [-0.4, -0.2) is 41.2 Å². The highest BCUT2D eigenvalue weighted by molar-refractivity contribution is 5.91. The molecule has 0 saturated carbocycles. The van der Waals surface area contributed by atoms with Gasteiger partial charge in [-0.05, 0) is 72.4 Å². The summed E-state index contributed by atoms with van der Waals surface area (Å²) in [4.78, 5) is 29.3. The van der Waals surface area contributed by atoms with Gasteiger partial charge >= 0.3 is 0 Å². The van der Waals surface area contributed by atoms with E-state index in [4.69, 9.17) is 9.15 Å². The van der Waals surface area contributed by atoms with Crippen LogP contribution in [0.15, 0.2) is 59.0 Å². The number of ether oxygens (including phenoxy) is 1. The van der Waals surface area contributed by atoms with E-state index in [1.807, 2.05) is 47.9 Å². The van der Waals surface area contributed by atoms with Crippen LogP contribution >= 0.6 is 0 Å². The Morgan fingerprint density at radius 3 is 2.61 bits per heavy atom. The van der Waals surface area contributed by atoms with Crippen molar-refractivity contribution >= 4 is 11.8 Å². The number of fused-ring (bicyclic) bond motifs is 1. The number of rotatable bonds is 6. The van der Waals surface area contributed by atoms with Gasteiger partial charge in [-0.15, -0.1) is 0 Å². The van der Waals surface area contributed by atoms with Crippen molar-refractivity contribution in [1.29, 1.82) is 0 Å². The van der Waals surface area contributed by atoms with Gasteiger partial charge in [0.1, 0.15) is 23.9 Å². The van der Waals surface area contributed by atoms with Gasteiger partial charge in [-0.1, -0.05) is 32.0 Å². The number of likely N-dealkylation sites (tertiary alicyclic amines) is 1. The predicted octanol–water partition coefficient (Wildman–Crippen LogP) is 5.36. The third-order valence-electron chi connectivity index (χ3n) is 6.93. The molecule has 0 radical (unpaired) electrons. The number of halogens is 1. The summed E-state index contributed by atoms with van der Waals surface area (Å²) in [5.74, 6) is 0.966. The summed E-state index contributed by atoms with van der Waals surface area (Å²) in [5, 5.41) is 0. The van der Waals surface area contributed by atoms with Crippen LogP contribution in [0.1, 0.15) is 65.7 Å². The molecule has 1 aromatic heterocycles. The van der Waals surface area contributed by atoms with Crippen LogP contribution in [0.25, 0.3) is 0 Å². The van der Waals surface area contributed by atoms with Gasteiger partial charge in [0.05, 0.1) is 6.04 Å². The molecule has 1 fully saturated rings. The zero-order valence-electron chi connectivity index (χ0n) is 20.7. The van der Waals surface area contributed by atoms with E-state index in [-0.39, 0.29) is 30.2 Å². The number of hydrogen-bond acceptors (Lipinski definition) is 4. The maximum Gasteiger partial charge on any atom is 0.289 e. The number of furan rings is 1. The van der Waals surface area contributed by atoms with Crippen LogP contribution in [0.3, 0.4) is 0 Å². The number of nitrogens with zero attached hydrogens (tertiary/aromatic N) is 2. The Morgan fingerprint density at radius 2 is 1.86 bits per heavy atom. The summed E-state index contributed by atoms with van der Waals surface area (Å²) in [6.07, 6.45) is 2.77. The minimum absolute atomic E-state index is 0.0343. The fourth-order valence-corrected chi connectivity index (χ4v) is 5.09. The van der Waals surface area contributed by atoms with E-state index in [0.717, 1.165) is 49.0 Å². The number of benzene rings is 2. The van der Waals surface area contributed by atoms with E-state index >= 15 is 0 Å². The summed E-state index contributed by atoms with van der Waals surface area (Å²) in [5.41, 5.74) is 2.78. The zero-order chi connectivity index (χ0) is 25.2. The second-order valence-electron chi connectivity index (χ2n) is 9.81. The molecule has 0 bridgehead atoms. The molecule has 2 aliphatic rings. The Labute approximate surface area is 210 Å². The molecule has 0 unspecified atom stereocenters. The van der Waals surface area contributed by atoms with Gasteiger partial charge in [-0.2, -0.15) is 0 Å². The Kier molecular flexibility index (Phi) is 6.81. The van der Waals surface area contributed by atoms with Crippen LogP contribution in [0.5, 0.6) is 5.75 Å². The molecular weight excluding hydrogens is 459 g/mol. The monoisotopic (exact) mass is 490 g/mol. The number of hydrogen-bond donors (Lipinski definition) is 0. The lowest BCUT2D eigenvalue weighted by atomic mass is 9.87. The van der Waals surface area contributed by atoms with E-state index in [1.54, 1.807) is 18.2 Å². The molecule has 2 aromatic carbocycles. The summed E-state index contributed by atoms with van der Waals surface area (Å²) in [7, 11) is 0. The van der Waals surface area contributed by atoms with Crippen LogP contribution in [-0.2, 0) is 17.8 Å². The van der Waals surface area contributed by atoms with Crippen molar-refractivity contribution in [3.05, 3.63) is 88.6 Å². The van der Waals surface area contributed by atoms with Crippen molar-refractivity contribution in [2.24, 2.45) is 5.92 Å². The molecule has 36 heavy (non-hydrogen) atoms. The lowest BCUT2D eigenvalue weighted by Crippen LogP contribution is -2.42. The van der Waals surface area contributed by atoms with Gasteiger partial charge < -0.3 is 19.0 Å². The summed E-state index contributed by atoms with van der Waals surface area (Å²) in [6, 6.07) is 15.4. The molecule has 2 amide bonds. The molecule has 188 valence electrons. The molecule has 1 saturated heterocycles. The fourth-order valence-electron chi connectivity index (χ4n) is 5.09. The van der Waals surface area contributed by atoms with E-state index in [9.17, 15) is 14.0 Å². The third kappa shape index (κ3) is 4.87. The minimum Gasteiger partial charge on any atom is -0.486 e.